The van der Waals surface area contributed by atoms with Crippen LogP contribution in [0.4, 0.5) is 5.69 Å². The average molecular weight is 328 g/mol. The Morgan fingerprint density at radius 2 is 1.71 bits per heavy atom. The van der Waals surface area contributed by atoms with Gasteiger partial charge in [-0.2, -0.15) is 0 Å². The van der Waals surface area contributed by atoms with Gasteiger partial charge in [0.15, 0.2) is 0 Å². The van der Waals surface area contributed by atoms with Crippen molar-refractivity contribution < 1.29 is 14.7 Å². The van der Waals surface area contributed by atoms with Crippen LogP contribution >= 0.6 is 0 Å². The highest BCUT2D eigenvalue weighted by atomic mass is 16.3. The zero-order valence-corrected chi connectivity index (χ0v) is 12.4. The summed E-state index contributed by atoms with van der Waals surface area (Å²) < 4.78 is 0. The molecular weight excluding hydrogens is 316 g/mol. The lowest BCUT2D eigenvalue weighted by Crippen LogP contribution is -2.35. The molecule has 2 amide bonds. The van der Waals surface area contributed by atoms with Crippen LogP contribution in [0.1, 0.15) is 11.1 Å². The molecule has 0 saturated carbocycles. The van der Waals surface area contributed by atoms with E-state index in [1.165, 1.54) is 0 Å². The van der Waals surface area contributed by atoms with Gasteiger partial charge < -0.3 is 5.11 Å². The van der Waals surface area contributed by atoms with E-state index < -0.39 is 28.9 Å². The molecule has 1 aromatic carbocycles. The fourth-order valence-electron chi connectivity index (χ4n) is 2.20. The predicted octanol–water partition coefficient (Wildman–Crippen LogP) is -0.461. The Bertz CT molecular complexity index is 984. The number of carbonyl (C=O) groups is 2. The first-order valence-corrected chi connectivity index (χ1v) is 6.86. The molecule has 2 heterocycles. The van der Waals surface area contributed by atoms with Gasteiger partial charge in [0, 0.05) is 0 Å². The van der Waals surface area contributed by atoms with Crippen molar-refractivity contribution in [1.29, 1.82) is 0 Å². The molecule has 0 radical (unpaired) electrons. The van der Waals surface area contributed by atoms with Crippen molar-refractivity contribution >= 4 is 23.6 Å². The zero-order chi connectivity index (χ0) is 17.4. The Labute approximate surface area is 134 Å². The summed E-state index contributed by atoms with van der Waals surface area (Å²) in [4.78, 5) is 51.1. The van der Waals surface area contributed by atoms with Crippen LogP contribution in [0.25, 0.3) is 6.08 Å². The fourth-order valence-corrected chi connectivity index (χ4v) is 2.20. The number of amides is 2. The smallest absolute Gasteiger partial charge is 0.328 e. The van der Waals surface area contributed by atoms with Crippen LogP contribution < -0.4 is 21.7 Å². The largest absolute Gasteiger partial charge is 0.494 e. The summed E-state index contributed by atoms with van der Waals surface area (Å²) in [6.45, 7) is 1.88. The first kappa shape index (κ1) is 15.3. The van der Waals surface area contributed by atoms with Gasteiger partial charge in [0.05, 0.1) is 5.69 Å². The zero-order valence-electron chi connectivity index (χ0n) is 12.4. The van der Waals surface area contributed by atoms with Gasteiger partial charge in [-0.15, -0.1) is 0 Å². The molecule has 0 aliphatic carbocycles. The number of rotatable bonds is 2. The second kappa shape index (κ2) is 5.54. The second-order valence-corrected chi connectivity index (χ2v) is 5.15. The molecule has 0 unspecified atom stereocenters. The van der Waals surface area contributed by atoms with Crippen LogP contribution in [-0.2, 0) is 9.59 Å². The van der Waals surface area contributed by atoms with Crippen LogP contribution in [0.15, 0.2) is 39.4 Å². The van der Waals surface area contributed by atoms with Crippen LogP contribution in [-0.4, -0.2) is 26.9 Å². The summed E-state index contributed by atoms with van der Waals surface area (Å²) in [5, 5.41) is 10.7. The third-order valence-electron chi connectivity index (χ3n) is 3.43. The lowest BCUT2D eigenvalue weighted by Gasteiger charge is -2.14. The molecule has 1 aromatic heterocycles. The van der Waals surface area contributed by atoms with Crippen molar-refractivity contribution in [3.8, 4) is 5.88 Å². The molecule has 1 aliphatic rings. The van der Waals surface area contributed by atoms with Gasteiger partial charge in [-0.1, -0.05) is 17.7 Å². The van der Waals surface area contributed by atoms with Crippen LogP contribution in [0.2, 0.25) is 0 Å². The molecule has 0 atom stereocenters. The first-order valence-electron chi connectivity index (χ1n) is 6.86. The quantitative estimate of drug-likeness (QED) is 0.437. The van der Waals surface area contributed by atoms with E-state index in [1.54, 1.807) is 24.3 Å². The van der Waals surface area contributed by atoms with Crippen molar-refractivity contribution in [3.05, 3.63) is 61.8 Å². The molecule has 1 aliphatic heterocycles. The third kappa shape index (κ3) is 2.58. The Balaban J connectivity index is 2.02. The summed E-state index contributed by atoms with van der Waals surface area (Å²) >= 11 is 0. The van der Waals surface area contributed by atoms with Crippen LogP contribution in [0.5, 0.6) is 5.88 Å². The number of carbonyl (C=O) groups excluding carboxylic acids is 2. The minimum atomic E-state index is -0.918. The van der Waals surface area contributed by atoms with Crippen molar-refractivity contribution in [3.63, 3.8) is 0 Å². The van der Waals surface area contributed by atoms with E-state index in [-0.39, 0.29) is 11.1 Å². The molecule has 24 heavy (non-hydrogen) atoms. The van der Waals surface area contributed by atoms with E-state index in [0.29, 0.717) is 5.69 Å². The van der Waals surface area contributed by atoms with Gasteiger partial charge in [0.25, 0.3) is 17.4 Å². The maximum Gasteiger partial charge on any atom is 0.328 e. The van der Waals surface area contributed by atoms with Gasteiger partial charge in [-0.3, -0.25) is 29.8 Å². The second-order valence-electron chi connectivity index (χ2n) is 5.15. The summed E-state index contributed by atoms with van der Waals surface area (Å²) in [7, 11) is 0. The number of aromatic nitrogens is 2. The van der Waals surface area contributed by atoms with Crippen molar-refractivity contribution in [2.24, 2.45) is 0 Å². The summed E-state index contributed by atoms with van der Waals surface area (Å²) in [6.07, 6.45) is 0.927. The van der Waals surface area contributed by atoms with Gasteiger partial charge in [-0.25, -0.2) is 9.80 Å². The molecule has 122 valence electrons. The Morgan fingerprint density at radius 1 is 1.04 bits per heavy atom. The number of aromatic amines is 2. The third-order valence-corrected chi connectivity index (χ3v) is 3.43. The van der Waals surface area contributed by atoms with E-state index in [9.17, 15) is 24.3 Å². The topological polar surface area (TPSA) is 135 Å². The molecule has 9 heteroatoms. The molecule has 2 aromatic rings. The number of aromatic hydroxyl groups is 1. The Morgan fingerprint density at radius 3 is 2.33 bits per heavy atom. The highest BCUT2D eigenvalue weighted by Gasteiger charge is 2.34. The number of nitrogens with one attached hydrogen (secondary N) is 3. The van der Waals surface area contributed by atoms with Gasteiger partial charge in [0.2, 0.25) is 5.88 Å². The lowest BCUT2D eigenvalue weighted by atomic mass is 10.1. The number of nitrogens with zero attached hydrogens (tertiary/aromatic N) is 1. The van der Waals surface area contributed by atoms with Crippen LogP contribution in [0.3, 0.4) is 0 Å². The van der Waals surface area contributed by atoms with Gasteiger partial charge in [0.1, 0.15) is 11.1 Å². The summed E-state index contributed by atoms with van der Waals surface area (Å²) in [6, 6.07) is 6.85. The number of hydrogen-bond acceptors (Lipinski definition) is 5. The highest BCUT2D eigenvalue weighted by molar-refractivity contribution is 6.31. The van der Waals surface area contributed by atoms with E-state index in [0.717, 1.165) is 16.6 Å². The Hall–Kier alpha value is -3.62. The standard InChI is InChI=1S/C15H12N4O5/c1-7-2-4-8(5-3-7)19-14(23)10(13(22)18-19)6-9-11(20)16-15(24)17-12(9)21/h2-6H,1H3,(H,18,22)(H3,16,17,20,21,24). The monoisotopic (exact) mass is 328 g/mol. The molecule has 4 N–H and O–H groups in total. The molecule has 9 nitrogen and oxygen atoms in total. The van der Waals surface area contributed by atoms with Crippen LogP contribution in [0, 0.1) is 6.92 Å². The number of H-pyrrole nitrogens is 2. The SMILES string of the molecule is Cc1ccc(N2NC(=O)C(=Cc3c(O)[nH]c(=O)[nH]c3=O)C2=O)cc1. The molecule has 1 fully saturated rings. The number of benzene rings is 1. The van der Waals surface area contributed by atoms with Crippen molar-refractivity contribution in [2.75, 3.05) is 5.01 Å². The fraction of sp³-hybridized carbons (Fsp3) is 0.0667. The number of hydrogen-bond donors (Lipinski definition) is 4. The van der Waals surface area contributed by atoms with E-state index in [2.05, 4.69) is 5.43 Å². The number of anilines is 1. The van der Waals surface area contributed by atoms with Gasteiger partial charge >= 0.3 is 5.69 Å². The molecule has 0 bridgehead atoms. The number of aryl methyl sites for hydroxylation is 1. The highest BCUT2D eigenvalue weighted by Crippen LogP contribution is 2.22. The van der Waals surface area contributed by atoms with Crippen molar-refractivity contribution in [1.82, 2.24) is 15.4 Å². The summed E-state index contributed by atoms with van der Waals surface area (Å²) in [5.74, 6) is -2.15. The minimum absolute atomic E-state index is 0.344. The maximum atomic E-state index is 12.4. The first-order chi connectivity index (χ1) is 11.4. The van der Waals surface area contributed by atoms with Gasteiger partial charge in [-0.05, 0) is 25.1 Å². The number of hydrazine groups is 1. The molecule has 0 spiro atoms. The molecule has 3 rings (SSSR count). The molecule has 1 saturated heterocycles. The minimum Gasteiger partial charge on any atom is -0.494 e. The lowest BCUT2D eigenvalue weighted by molar-refractivity contribution is -0.117. The average Bonchev–Trinajstić information content (AvgIpc) is 2.79. The van der Waals surface area contributed by atoms with E-state index in [1.807, 2.05) is 16.9 Å². The van der Waals surface area contributed by atoms with E-state index in [4.69, 9.17) is 0 Å². The van der Waals surface area contributed by atoms with Crippen molar-refractivity contribution in [2.45, 2.75) is 6.92 Å². The molecular formula is C15H12N4O5. The predicted molar refractivity (Wildman–Crippen MR) is 84.1 cm³/mol. The summed E-state index contributed by atoms with van der Waals surface area (Å²) in [5.41, 5.74) is 1.25. The maximum absolute atomic E-state index is 12.4. The normalized spacial score (nSPS) is 15.9. The van der Waals surface area contributed by atoms with E-state index >= 15 is 0 Å². The Kier molecular flexibility index (Phi) is 3.53.